The number of rotatable bonds is 4. The third kappa shape index (κ3) is 2.73. The number of carbonyl (C=O) groups excluding carboxylic acids is 1. The minimum Gasteiger partial charge on any atom is -0.481 e. The summed E-state index contributed by atoms with van der Waals surface area (Å²) in [7, 11) is 2.92. The van der Waals surface area contributed by atoms with Crippen LogP contribution in [0.15, 0.2) is 30.6 Å². The lowest BCUT2D eigenvalue weighted by Crippen LogP contribution is -2.10. The van der Waals surface area contributed by atoms with Crippen LogP contribution in [0.25, 0.3) is 5.82 Å². The zero-order valence-electron chi connectivity index (χ0n) is 11.0. The summed E-state index contributed by atoms with van der Waals surface area (Å²) in [4.78, 5) is 15.7. The molecule has 0 aromatic carbocycles. The molecule has 0 aliphatic rings. The summed E-state index contributed by atoms with van der Waals surface area (Å²) in [6, 6.07) is 5.39. The Morgan fingerprint density at radius 3 is 2.84 bits per heavy atom. The third-order valence-electron chi connectivity index (χ3n) is 2.81. The van der Waals surface area contributed by atoms with Crippen molar-refractivity contribution in [3.05, 3.63) is 36.2 Å². The molecule has 0 saturated carbocycles. The molecule has 0 fully saturated rings. The van der Waals surface area contributed by atoms with Gasteiger partial charge in [-0.25, -0.2) is 4.68 Å². The Balaban J connectivity index is 2.27. The smallest absolute Gasteiger partial charge is 0.312 e. The van der Waals surface area contributed by atoms with Gasteiger partial charge in [-0.15, -0.1) is 0 Å². The second-order valence-electron chi connectivity index (χ2n) is 4.00. The minimum atomic E-state index is -0.357. The molecule has 0 aliphatic carbocycles. The standard InChI is InChI=1S/C13H15N3O3/c1-9(13(17)19-3)10-7-14-16(8-10)11-5-4-6-12(15-11)18-2/h4-9H,1-3H3. The number of hydrogen-bond donors (Lipinski definition) is 0. The maximum Gasteiger partial charge on any atom is 0.312 e. The second-order valence-corrected chi connectivity index (χ2v) is 4.00. The highest BCUT2D eigenvalue weighted by Gasteiger charge is 2.17. The van der Waals surface area contributed by atoms with E-state index >= 15 is 0 Å². The molecule has 0 N–H and O–H groups in total. The monoisotopic (exact) mass is 261 g/mol. The van der Waals surface area contributed by atoms with Gasteiger partial charge < -0.3 is 9.47 Å². The number of esters is 1. The number of aromatic nitrogens is 3. The number of carbonyl (C=O) groups is 1. The fourth-order valence-corrected chi connectivity index (χ4v) is 1.64. The second kappa shape index (κ2) is 5.51. The Labute approximate surface area is 111 Å². The molecule has 1 atom stereocenters. The number of methoxy groups -OCH3 is 2. The first kappa shape index (κ1) is 13.1. The van der Waals surface area contributed by atoms with Crippen LogP contribution in [0.4, 0.5) is 0 Å². The van der Waals surface area contributed by atoms with Crippen LogP contribution in [0.5, 0.6) is 5.88 Å². The zero-order valence-corrected chi connectivity index (χ0v) is 11.0. The average molecular weight is 261 g/mol. The number of hydrogen-bond acceptors (Lipinski definition) is 5. The predicted molar refractivity (Wildman–Crippen MR) is 68.3 cm³/mol. The van der Waals surface area contributed by atoms with Crippen LogP contribution < -0.4 is 4.74 Å². The highest BCUT2D eigenvalue weighted by atomic mass is 16.5. The van der Waals surface area contributed by atoms with E-state index in [2.05, 4.69) is 10.1 Å². The quantitative estimate of drug-likeness (QED) is 0.781. The first-order valence-electron chi connectivity index (χ1n) is 5.79. The molecule has 0 spiro atoms. The lowest BCUT2D eigenvalue weighted by atomic mass is 10.1. The van der Waals surface area contributed by atoms with Crippen molar-refractivity contribution in [3.8, 4) is 11.7 Å². The number of pyridine rings is 1. The normalized spacial score (nSPS) is 11.9. The largest absolute Gasteiger partial charge is 0.481 e. The van der Waals surface area contributed by atoms with Gasteiger partial charge in [0, 0.05) is 17.8 Å². The molecule has 0 saturated heterocycles. The Morgan fingerprint density at radius 1 is 1.37 bits per heavy atom. The van der Waals surface area contributed by atoms with E-state index in [-0.39, 0.29) is 11.9 Å². The summed E-state index contributed by atoms with van der Waals surface area (Å²) in [6.45, 7) is 1.77. The Hall–Kier alpha value is -2.37. The van der Waals surface area contributed by atoms with Crippen molar-refractivity contribution >= 4 is 5.97 Å². The van der Waals surface area contributed by atoms with Crippen molar-refractivity contribution in [2.24, 2.45) is 0 Å². The van der Waals surface area contributed by atoms with Crippen LogP contribution in [0.1, 0.15) is 18.4 Å². The SMILES string of the molecule is COC(=O)C(C)c1cnn(-c2cccc(OC)n2)c1. The van der Waals surface area contributed by atoms with Gasteiger partial charge >= 0.3 is 5.97 Å². The van der Waals surface area contributed by atoms with Crippen molar-refractivity contribution in [1.82, 2.24) is 14.8 Å². The highest BCUT2D eigenvalue weighted by Crippen LogP contribution is 2.18. The molecule has 2 aromatic rings. The van der Waals surface area contributed by atoms with Gasteiger partial charge in [0.05, 0.1) is 26.3 Å². The molecule has 0 aliphatic heterocycles. The first-order valence-corrected chi connectivity index (χ1v) is 5.79. The zero-order chi connectivity index (χ0) is 13.8. The van der Waals surface area contributed by atoms with Crippen LogP contribution in [0, 0.1) is 0 Å². The molecule has 6 nitrogen and oxygen atoms in total. The summed E-state index contributed by atoms with van der Waals surface area (Å²) in [5.41, 5.74) is 0.775. The van der Waals surface area contributed by atoms with Gasteiger partial charge in [-0.05, 0) is 13.0 Å². The molecular weight excluding hydrogens is 246 g/mol. The van der Waals surface area contributed by atoms with Gasteiger partial charge in [-0.1, -0.05) is 6.07 Å². The van der Waals surface area contributed by atoms with Crippen molar-refractivity contribution in [3.63, 3.8) is 0 Å². The molecule has 19 heavy (non-hydrogen) atoms. The van der Waals surface area contributed by atoms with Gasteiger partial charge in [0.1, 0.15) is 0 Å². The molecule has 2 aromatic heterocycles. The van der Waals surface area contributed by atoms with E-state index < -0.39 is 0 Å². The van der Waals surface area contributed by atoms with E-state index in [4.69, 9.17) is 9.47 Å². The molecule has 2 heterocycles. The molecule has 0 amide bonds. The van der Waals surface area contributed by atoms with E-state index in [1.165, 1.54) is 7.11 Å². The fourth-order valence-electron chi connectivity index (χ4n) is 1.64. The molecular formula is C13H15N3O3. The van der Waals surface area contributed by atoms with Crippen molar-refractivity contribution in [2.75, 3.05) is 14.2 Å². The molecule has 1 unspecified atom stereocenters. The average Bonchev–Trinajstić information content (AvgIpc) is 2.95. The van der Waals surface area contributed by atoms with Crippen molar-refractivity contribution < 1.29 is 14.3 Å². The van der Waals surface area contributed by atoms with Gasteiger partial charge in [-0.3, -0.25) is 4.79 Å². The molecule has 0 radical (unpaired) electrons. The van der Waals surface area contributed by atoms with Crippen LogP contribution in [0.2, 0.25) is 0 Å². The number of nitrogens with zero attached hydrogens (tertiary/aromatic N) is 3. The highest BCUT2D eigenvalue weighted by molar-refractivity contribution is 5.77. The van der Waals surface area contributed by atoms with Crippen LogP contribution in [0.3, 0.4) is 0 Å². The van der Waals surface area contributed by atoms with Crippen LogP contribution in [-0.2, 0) is 9.53 Å². The summed E-state index contributed by atoms with van der Waals surface area (Å²) in [6.07, 6.45) is 3.38. The predicted octanol–water partition coefficient (Wildman–Crippen LogP) is 1.55. The molecule has 2 rings (SSSR count). The lowest BCUT2D eigenvalue weighted by molar-refractivity contribution is -0.141. The van der Waals surface area contributed by atoms with Crippen LogP contribution in [-0.4, -0.2) is 35.0 Å². The van der Waals surface area contributed by atoms with Crippen molar-refractivity contribution in [2.45, 2.75) is 12.8 Å². The Morgan fingerprint density at radius 2 is 2.16 bits per heavy atom. The third-order valence-corrected chi connectivity index (χ3v) is 2.81. The fraction of sp³-hybridized carbons (Fsp3) is 0.308. The maximum absolute atomic E-state index is 11.5. The van der Waals surface area contributed by atoms with E-state index in [0.29, 0.717) is 11.7 Å². The van der Waals surface area contributed by atoms with Crippen molar-refractivity contribution in [1.29, 1.82) is 0 Å². The number of ether oxygens (including phenoxy) is 2. The summed E-state index contributed by atoms with van der Waals surface area (Å²) >= 11 is 0. The van der Waals surface area contributed by atoms with E-state index in [9.17, 15) is 4.79 Å². The molecule has 100 valence electrons. The summed E-state index contributed by atoms with van der Waals surface area (Å²) < 4.78 is 11.4. The topological polar surface area (TPSA) is 66.2 Å². The first-order chi connectivity index (χ1) is 9.15. The maximum atomic E-state index is 11.5. The lowest BCUT2D eigenvalue weighted by Gasteiger charge is -2.05. The van der Waals surface area contributed by atoms with Gasteiger partial charge in [-0.2, -0.15) is 10.1 Å². The Kier molecular flexibility index (Phi) is 3.79. The van der Waals surface area contributed by atoms with E-state index in [0.717, 1.165) is 5.56 Å². The van der Waals surface area contributed by atoms with E-state index in [1.54, 1.807) is 37.2 Å². The van der Waals surface area contributed by atoms with Gasteiger partial charge in [0.15, 0.2) is 5.82 Å². The molecule has 6 heteroatoms. The minimum absolute atomic E-state index is 0.293. The van der Waals surface area contributed by atoms with E-state index in [1.807, 2.05) is 12.1 Å². The summed E-state index contributed by atoms with van der Waals surface area (Å²) in [5, 5.41) is 4.19. The van der Waals surface area contributed by atoms with Gasteiger partial charge in [0.25, 0.3) is 0 Å². The Bertz CT molecular complexity index is 580. The molecule has 0 bridgehead atoms. The van der Waals surface area contributed by atoms with Gasteiger partial charge in [0.2, 0.25) is 5.88 Å². The summed E-state index contributed by atoms with van der Waals surface area (Å²) in [5.74, 6) is 0.487. The van der Waals surface area contributed by atoms with Crippen LogP contribution >= 0.6 is 0 Å².